The van der Waals surface area contributed by atoms with Crippen LogP contribution in [0.1, 0.15) is 19.4 Å². The summed E-state index contributed by atoms with van der Waals surface area (Å²) >= 11 is 0. The van der Waals surface area contributed by atoms with E-state index in [4.69, 9.17) is 5.73 Å². The summed E-state index contributed by atoms with van der Waals surface area (Å²) in [7, 11) is 0. The number of amides is 1. The molecule has 1 amide bonds. The van der Waals surface area contributed by atoms with Crippen LogP contribution >= 0.6 is 0 Å². The number of carbonyl (C=O) groups is 1. The predicted octanol–water partition coefficient (Wildman–Crippen LogP) is 2.51. The van der Waals surface area contributed by atoms with Gasteiger partial charge in [0, 0.05) is 5.39 Å². The first-order valence-electron chi connectivity index (χ1n) is 7.30. The van der Waals surface area contributed by atoms with Crippen molar-refractivity contribution in [2.24, 2.45) is 0 Å². The number of benzene rings is 1. The first-order chi connectivity index (χ1) is 10.9. The summed E-state index contributed by atoms with van der Waals surface area (Å²) in [5.74, 6) is 0.525. The first kappa shape index (κ1) is 15.1. The molecule has 120 valence electrons. The second-order valence-electron chi connectivity index (χ2n) is 6.19. The Morgan fingerprint density at radius 2 is 2.09 bits per heavy atom. The molecule has 1 aliphatic rings. The number of carbonyl (C=O) groups excluding carboxylic acids is 1. The Kier molecular flexibility index (Phi) is 3.55. The molecule has 0 saturated carbocycles. The van der Waals surface area contributed by atoms with Crippen LogP contribution in [0.15, 0.2) is 24.5 Å². The molecule has 23 heavy (non-hydrogen) atoms. The lowest BCUT2D eigenvalue weighted by Gasteiger charge is -2.11. The lowest BCUT2D eigenvalue weighted by atomic mass is 10.1. The molecular formula is C16H19N5O2. The van der Waals surface area contributed by atoms with E-state index >= 15 is 0 Å². The Balaban J connectivity index is 0.000000166. The first-order valence-corrected chi connectivity index (χ1v) is 7.30. The standard InChI is InChI=1S/C11H10N4.C5H9NO2/c1-6-3-2-4-7-8-10(12)13-5-14-11(8)15-9(6)7;1-5(2)3-8-4(7)6-5/h2-5H,1H3,(H3,12,13,14,15);3H2,1-2H3,(H,6,7). The Hall–Kier alpha value is -2.83. The van der Waals surface area contributed by atoms with E-state index in [1.54, 1.807) is 0 Å². The molecular weight excluding hydrogens is 294 g/mol. The maximum Gasteiger partial charge on any atom is 0.407 e. The van der Waals surface area contributed by atoms with Gasteiger partial charge in [-0.1, -0.05) is 18.2 Å². The van der Waals surface area contributed by atoms with Crippen molar-refractivity contribution in [2.75, 3.05) is 12.3 Å². The van der Waals surface area contributed by atoms with Crippen LogP contribution in [-0.2, 0) is 4.74 Å². The lowest BCUT2D eigenvalue weighted by molar-refractivity contribution is 0.174. The largest absolute Gasteiger partial charge is 0.447 e. The molecule has 0 bridgehead atoms. The number of nitrogens with two attached hydrogens (primary N) is 1. The number of anilines is 1. The smallest absolute Gasteiger partial charge is 0.407 e. The van der Waals surface area contributed by atoms with E-state index in [0.29, 0.717) is 12.4 Å². The molecule has 0 radical (unpaired) electrons. The number of aromatic nitrogens is 3. The van der Waals surface area contributed by atoms with Gasteiger partial charge >= 0.3 is 6.09 Å². The second kappa shape index (κ2) is 5.42. The SMILES string of the molecule is CC1(C)COC(=O)N1.Cc1cccc2c1[nH]c1ncnc(N)c12. The molecule has 1 aromatic carbocycles. The number of hydrogen-bond donors (Lipinski definition) is 3. The summed E-state index contributed by atoms with van der Waals surface area (Å²) in [5, 5.41) is 4.63. The van der Waals surface area contributed by atoms with Crippen molar-refractivity contribution >= 4 is 33.8 Å². The predicted molar refractivity (Wildman–Crippen MR) is 89.1 cm³/mol. The molecule has 4 N–H and O–H groups in total. The average molecular weight is 313 g/mol. The molecule has 7 heteroatoms. The van der Waals surface area contributed by atoms with Gasteiger partial charge in [-0.15, -0.1) is 0 Å². The monoisotopic (exact) mass is 313 g/mol. The zero-order valence-corrected chi connectivity index (χ0v) is 13.3. The third-order valence-corrected chi connectivity index (χ3v) is 3.67. The van der Waals surface area contributed by atoms with Crippen molar-refractivity contribution in [1.29, 1.82) is 0 Å². The Labute approximate surface area is 133 Å². The Bertz CT molecular complexity index is 885. The molecule has 3 aromatic rings. The molecule has 2 aromatic heterocycles. The van der Waals surface area contributed by atoms with Crippen LogP contribution in [0.2, 0.25) is 0 Å². The van der Waals surface area contributed by atoms with Gasteiger partial charge in [0.1, 0.15) is 24.4 Å². The quantitative estimate of drug-likeness (QED) is 0.591. The number of cyclic esters (lactones) is 1. The zero-order valence-electron chi connectivity index (χ0n) is 13.3. The number of nitrogens with one attached hydrogen (secondary N) is 2. The molecule has 1 aliphatic heterocycles. The summed E-state index contributed by atoms with van der Waals surface area (Å²) in [6.07, 6.45) is 1.16. The number of alkyl carbamates (subject to hydrolysis) is 1. The van der Waals surface area contributed by atoms with E-state index in [1.165, 1.54) is 11.9 Å². The maximum absolute atomic E-state index is 10.3. The summed E-state index contributed by atoms with van der Waals surface area (Å²) in [5.41, 5.74) is 8.76. The summed E-state index contributed by atoms with van der Waals surface area (Å²) in [4.78, 5) is 21.8. The van der Waals surface area contributed by atoms with Crippen LogP contribution < -0.4 is 11.1 Å². The number of aryl methyl sites for hydroxylation is 1. The van der Waals surface area contributed by atoms with E-state index < -0.39 is 0 Å². The van der Waals surface area contributed by atoms with E-state index in [-0.39, 0.29) is 11.6 Å². The van der Waals surface area contributed by atoms with Crippen LogP contribution in [0.25, 0.3) is 21.9 Å². The van der Waals surface area contributed by atoms with Crippen molar-refractivity contribution in [2.45, 2.75) is 26.3 Å². The van der Waals surface area contributed by atoms with Crippen molar-refractivity contribution < 1.29 is 9.53 Å². The zero-order chi connectivity index (χ0) is 16.6. The van der Waals surface area contributed by atoms with E-state index in [1.807, 2.05) is 26.0 Å². The Morgan fingerprint density at radius 3 is 2.70 bits per heavy atom. The van der Waals surface area contributed by atoms with Gasteiger partial charge in [-0.05, 0) is 26.3 Å². The number of para-hydroxylation sites is 1. The molecule has 0 aliphatic carbocycles. The van der Waals surface area contributed by atoms with E-state index in [9.17, 15) is 4.79 Å². The minimum absolute atomic E-state index is 0.156. The second-order valence-corrected chi connectivity index (χ2v) is 6.19. The number of nitrogens with zero attached hydrogens (tertiary/aromatic N) is 2. The molecule has 0 unspecified atom stereocenters. The molecule has 7 nitrogen and oxygen atoms in total. The fraction of sp³-hybridized carbons (Fsp3) is 0.312. The number of nitrogen functional groups attached to an aromatic ring is 1. The normalized spacial score (nSPS) is 15.9. The van der Waals surface area contributed by atoms with E-state index in [0.717, 1.165) is 21.9 Å². The van der Waals surface area contributed by atoms with Crippen LogP contribution in [-0.4, -0.2) is 33.2 Å². The summed E-state index contributed by atoms with van der Waals surface area (Å²) < 4.78 is 4.62. The average Bonchev–Trinajstić information content (AvgIpc) is 3.01. The molecule has 1 fully saturated rings. The number of rotatable bonds is 0. The molecule has 4 rings (SSSR count). The number of fused-ring (bicyclic) bond motifs is 3. The lowest BCUT2D eigenvalue weighted by Crippen LogP contribution is -2.36. The molecule has 0 atom stereocenters. The van der Waals surface area contributed by atoms with Crippen molar-refractivity contribution in [3.05, 3.63) is 30.1 Å². The van der Waals surface area contributed by atoms with Crippen LogP contribution in [0.5, 0.6) is 0 Å². The summed E-state index contributed by atoms with van der Waals surface area (Å²) in [6, 6.07) is 6.10. The number of aromatic amines is 1. The van der Waals surface area contributed by atoms with Gasteiger partial charge in [0.25, 0.3) is 0 Å². The minimum Gasteiger partial charge on any atom is -0.447 e. The van der Waals surface area contributed by atoms with Gasteiger partial charge in [-0.25, -0.2) is 14.8 Å². The fourth-order valence-corrected chi connectivity index (χ4v) is 2.51. The van der Waals surface area contributed by atoms with Gasteiger partial charge in [-0.3, -0.25) is 0 Å². The molecule has 0 spiro atoms. The van der Waals surface area contributed by atoms with Crippen LogP contribution in [0.3, 0.4) is 0 Å². The van der Waals surface area contributed by atoms with E-state index in [2.05, 4.69) is 38.0 Å². The molecule has 1 saturated heterocycles. The van der Waals surface area contributed by atoms with Crippen LogP contribution in [0.4, 0.5) is 10.6 Å². The van der Waals surface area contributed by atoms with Crippen molar-refractivity contribution in [1.82, 2.24) is 20.3 Å². The molecule has 3 heterocycles. The highest BCUT2D eigenvalue weighted by molar-refractivity contribution is 6.11. The third-order valence-electron chi connectivity index (χ3n) is 3.67. The Morgan fingerprint density at radius 1 is 1.30 bits per heavy atom. The van der Waals surface area contributed by atoms with Crippen molar-refractivity contribution in [3.63, 3.8) is 0 Å². The minimum atomic E-state index is -0.310. The highest BCUT2D eigenvalue weighted by Crippen LogP contribution is 2.28. The van der Waals surface area contributed by atoms with Gasteiger partial charge in [0.15, 0.2) is 0 Å². The maximum atomic E-state index is 10.3. The summed E-state index contributed by atoms with van der Waals surface area (Å²) in [6.45, 7) is 6.36. The number of hydrogen-bond acceptors (Lipinski definition) is 5. The fourth-order valence-electron chi connectivity index (χ4n) is 2.51. The van der Waals surface area contributed by atoms with Gasteiger partial charge < -0.3 is 20.8 Å². The van der Waals surface area contributed by atoms with Gasteiger partial charge in [0.05, 0.1) is 16.4 Å². The third kappa shape index (κ3) is 2.90. The number of ether oxygens (including phenoxy) is 1. The van der Waals surface area contributed by atoms with Crippen molar-refractivity contribution in [3.8, 4) is 0 Å². The van der Waals surface area contributed by atoms with Crippen LogP contribution in [0, 0.1) is 6.92 Å². The highest BCUT2D eigenvalue weighted by Gasteiger charge is 2.29. The van der Waals surface area contributed by atoms with Gasteiger partial charge in [-0.2, -0.15) is 0 Å². The highest BCUT2D eigenvalue weighted by atomic mass is 16.6. The van der Waals surface area contributed by atoms with Gasteiger partial charge in [0.2, 0.25) is 0 Å². The topological polar surface area (TPSA) is 106 Å². The number of H-pyrrole nitrogens is 1.